The highest BCUT2D eigenvalue weighted by molar-refractivity contribution is 9.09. The van der Waals surface area contributed by atoms with E-state index in [1.54, 1.807) is 0 Å². The van der Waals surface area contributed by atoms with Crippen molar-refractivity contribution in [3.8, 4) is 0 Å². The molecule has 0 saturated carbocycles. The van der Waals surface area contributed by atoms with Gasteiger partial charge in [0.1, 0.15) is 0 Å². The normalized spacial score (nSPS) is 33.1. The van der Waals surface area contributed by atoms with E-state index in [1.807, 2.05) is 0 Å². The van der Waals surface area contributed by atoms with Crippen LogP contribution in [0.1, 0.15) is 0 Å². The molecule has 4 N–H and O–H groups in total. The summed E-state index contributed by atoms with van der Waals surface area (Å²) in [5.41, 5.74) is -13.2. The van der Waals surface area contributed by atoms with Gasteiger partial charge in [0.25, 0.3) is 11.4 Å². The number of rotatable bonds is 5. The Balaban J connectivity index is 4.35. The highest BCUT2D eigenvalue weighted by Crippen LogP contribution is 2.56. The average molecular weight is 825 g/mol. The number of Topliss-reactive ketones (excluding diaryl/α,β-unsaturated/α-hetero) is 4. The van der Waals surface area contributed by atoms with Gasteiger partial charge in [-0.15, -0.1) is 0 Å². The Morgan fingerprint density at radius 2 is 1.03 bits per heavy atom. The van der Waals surface area contributed by atoms with Gasteiger partial charge in [0.15, 0.2) is 23.0 Å². The maximum atomic E-state index is 13.3. The molecule has 1 unspecified atom stereocenters. The van der Waals surface area contributed by atoms with Gasteiger partial charge >= 0.3 is 0 Å². The highest BCUT2D eigenvalue weighted by atomic mass is 79.9. The number of aliphatic hydroxyl groups is 4. The van der Waals surface area contributed by atoms with Gasteiger partial charge in [-0.1, -0.05) is 155 Å². The molecule has 0 amide bonds. The van der Waals surface area contributed by atoms with E-state index >= 15 is 0 Å². The molecule has 1 aliphatic rings. The zero-order chi connectivity index (χ0) is 29.2. The minimum atomic E-state index is -4.59. The minimum Gasteiger partial charge on any atom is -0.381 e. The van der Waals surface area contributed by atoms with E-state index in [0.717, 1.165) is 0 Å². The van der Waals surface area contributed by atoms with E-state index in [-0.39, 0.29) is 0 Å². The van der Waals surface area contributed by atoms with E-state index in [0.29, 0.717) is 0 Å². The molecular weight excluding hydrogens is 817 g/mol. The maximum Gasteiger partial charge on any atom is 0.252 e. The van der Waals surface area contributed by atoms with E-state index < -0.39 is 72.3 Å². The molecule has 0 aromatic heterocycles. The Bertz CT molecular complexity index is 957. The summed E-state index contributed by atoms with van der Waals surface area (Å²) in [4.78, 5) is 52.5. The molecule has 0 spiro atoms. The van der Waals surface area contributed by atoms with Crippen molar-refractivity contribution in [2.45, 2.75) is 49.2 Å². The van der Waals surface area contributed by atoms with Gasteiger partial charge < -0.3 is 25.2 Å². The van der Waals surface area contributed by atoms with E-state index in [2.05, 4.69) is 15.9 Å². The van der Waals surface area contributed by atoms with Crippen molar-refractivity contribution >= 4 is 178 Å². The molecule has 0 bridgehead atoms. The third kappa shape index (κ3) is 6.13. The summed E-state index contributed by atoms with van der Waals surface area (Å²) >= 11 is 68.6. The van der Waals surface area contributed by atoms with Gasteiger partial charge in [-0.25, -0.2) is 0 Å². The Hall–Kier alpha value is 2.44. The van der Waals surface area contributed by atoms with Gasteiger partial charge in [0, 0.05) is 0 Å². The van der Waals surface area contributed by atoms with Gasteiger partial charge in [-0.05, 0) is 0 Å². The monoisotopic (exact) mass is 818 g/mol. The summed E-state index contributed by atoms with van der Waals surface area (Å²) in [6.07, 6.45) is -5.94. The Kier molecular flexibility index (Phi) is 11.4. The largest absolute Gasteiger partial charge is 0.381 e. The molecule has 1 rings (SSSR count). The van der Waals surface area contributed by atoms with Crippen LogP contribution in [0.25, 0.3) is 0 Å². The molecule has 0 aromatic carbocycles. The second kappa shape index (κ2) is 11.3. The third-order valence-corrected chi connectivity index (χ3v) is 7.74. The SMILES string of the molecule is O=C(C(O)C(Cl)(Cl)Cl)[C@H]1O[C@H](Br)[C@@](O)(C(=O)C(Cl)(Cl)Cl)[C@](O)(C(=O)C(Cl)(Cl)Cl)[C@@]1(O)C(=O)C(Cl)(Cl)Cl. The molecule has 208 valence electrons. The minimum absolute atomic E-state index is 2.00. The molecule has 1 heterocycles. The third-order valence-electron chi connectivity index (χ3n) is 4.70. The van der Waals surface area contributed by atoms with Gasteiger partial charge in [0.2, 0.25) is 37.9 Å². The predicted octanol–water partition coefficient (Wildman–Crippen LogP) is 3.42. The zero-order valence-corrected chi connectivity index (χ0v) is 26.6. The fourth-order valence-corrected chi connectivity index (χ4v) is 5.42. The number of carbonyl (C=O) groups is 4. The summed E-state index contributed by atoms with van der Waals surface area (Å²) in [7, 11) is 0. The molecule has 6 atom stereocenters. The molecule has 1 aliphatic heterocycles. The van der Waals surface area contributed by atoms with Gasteiger partial charge in [0.05, 0.1) is 0 Å². The number of hydrogen-bond donors (Lipinski definition) is 4. The molecule has 0 radical (unpaired) electrons. The van der Waals surface area contributed by atoms with E-state index in [9.17, 15) is 39.6 Å². The Labute approximate surface area is 269 Å². The summed E-state index contributed by atoms with van der Waals surface area (Å²) in [6, 6.07) is 0. The lowest BCUT2D eigenvalue weighted by Crippen LogP contribution is -2.89. The highest BCUT2D eigenvalue weighted by Gasteiger charge is 2.85. The summed E-state index contributed by atoms with van der Waals surface area (Å²) in [6.45, 7) is 0. The first kappa shape index (κ1) is 36.5. The molecule has 36 heavy (non-hydrogen) atoms. The molecule has 1 fully saturated rings. The fourth-order valence-electron chi connectivity index (χ4n) is 3.07. The van der Waals surface area contributed by atoms with Crippen molar-refractivity contribution in [1.29, 1.82) is 0 Å². The number of ketones is 4. The van der Waals surface area contributed by atoms with Crippen molar-refractivity contribution < 1.29 is 44.3 Å². The van der Waals surface area contributed by atoms with Crippen LogP contribution >= 0.6 is 155 Å². The lowest BCUT2D eigenvalue weighted by Gasteiger charge is -2.58. The van der Waals surface area contributed by atoms with Crippen LogP contribution < -0.4 is 0 Å². The van der Waals surface area contributed by atoms with Crippen LogP contribution in [0.15, 0.2) is 0 Å². The smallest absolute Gasteiger partial charge is 0.252 e. The molecule has 0 aromatic rings. The van der Waals surface area contributed by atoms with Crippen molar-refractivity contribution in [2.24, 2.45) is 0 Å². The second-order valence-corrected chi connectivity index (χ2v) is 16.9. The zero-order valence-electron chi connectivity index (χ0n) is 16.0. The average Bonchev–Trinajstić information content (AvgIpc) is 2.69. The quantitative estimate of drug-likeness (QED) is 0.305. The van der Waals surface area contributed by atoms with E-state index in [4.69, 9.17) is 144 Å². The molecule has 9 nitrogen and oxygen atoms in total. The summed E-state index contributed by atoms with van der Waals surface area (Å²) < 4.78 is -8.05. The van der Waals surface area contributed by atoms with E-state index in [1.165, 1.54) is 0 Å². The first-order valence-electron chi connectivity index (χ1n) is 8.15. The summed E-state index contributed by atoms with van der Waals surface area (Å²) in [5.74, 6) is -8.97. The van der Waals surface area contributed by atoms with Crippen LogP contribution in [0.4, 0.5) is 0 Å². The Morgan fingerprint density at radius 3 is 1.33 bits per heavy atom. The molecule has 22 heteroatoms. The summed E-state index contributed by atoms with van der Waals surface area (Å²) in [5, 5.41) is 42.0. The topological polar surface area (TPSA) is 158 Å². The van der Waals surface area contributed by atoms with Gasteiger partial charge in [-0.3, -0.25) is 19.2 Å². The predicted molar refractivity (Wildman–Crippen MR) is 140 cm³/mol. The molecule has 0 aliphatic carbocycles. The van der Waals surface area contributed by atoms with Crippen LogP contribution in [0.3, 0.4) is 0 Å². The lowest BCUT2D eigenvalue weighted by atomic mass is 9.60. The molecule has 1 saturated heterocycles. The van der Waals surface area contributed by atoms with Crippen LogP contribution in [0.2, 0.25) is 0 Å². The molecular formula is C14H7BrCl12O9. The Morgan fingerprint density at radius 1 is 0.694 bits per heavy atom. The lowest BCUT2D eigenvalue weighted by molar-refractivity contribution is -0.297. The van der Waals surface area contributed by atoms with Crippen LogP contribution in [-0.2, 0) is 23.9 Å². The second-order valence-electron chi connectivity index (χ2n) is 6.90. The number of carbonyl (C=O) groups excluding carboxylic acids is 4. The maximum absolute atomic E-state index is 13.3. The van der Waals surface area contributed by atoms with Crippen molar-refractivity contribution in [3.63, 3.8) is 0 Å². The van der Waals surface area contributed by atoms with Crippen molar-refractivity contribution in [2.75, 3.05) is 0 Å². The standard InChI is InChI=1S/C14H7BrCl12O9/c15-7-9(34,5(31)13(22,23)24)10(35,6(32)14(25,26)27)8(33,4(30)12(19,20)21)3(36-7)1(28)2(29)11(16,17)18/h2-3,7,29,33-35H/t2?,3-,7+,8+,9+,10+/m1/s1. The first-order valence-corrected chi connectivity index (χ1v) is 13.6. The number of ether oxygens (including phenoxy) is 1. The first-order chi connectivity index (χ1) is 15.5. The number of halogens is 13. The van der Waals surface area contributed by atoms with Crippen molar-refractivity contribution in [1.82, 2.24) is 0 Å². The van der Waals surface area contributed by atoms with Gasteiger partial charge in [-0.2, -0.15) is 0 Å². The fraction of sp³-hybridized carbons (Fsp3) is 0.714. The van der Waals surface area contributed by atoms with Crippen LogP contribution in [-0.4, -0.2) is 92.8 Å². The number of aliphatic hydroxyl groups excluding tert-OH is 1. The number of hydrogen-bond acceptors (Lipinski definition) is 9. The number of alkyl halides is 13. The van der Waals surface area contributed by atoms with Crippen molar-refractivity contribution in [3.05, 3.63) is 0 Å². The van der Waals surface area contributed by atoms with Crippen LogP contribution in [0.5, 0.6) is 0 Å². The van der Waals surface area contributed by atoms with Crippen LogP contribution in [0, 0.1) is 0 Å².